The molecular formula is C39H43ClN4O16. The Balaban J connectivity index is 1.26. The standard InChI is InChI=1S/C39H43ClN4O16/c1-55-32-15-26(36(47)41-19-24(45)13-30(41)38(49)56-2)28(43(51)52)17-34(32)58-11-5-4-6-12-59-35-18-29(44(53)54)27(16-33(35)60-21-22-7-9-23(40)10-8-22)37(48)42-20-25(46)14-31(42)39(50)57-3/h7-10,15-18,24-25,30-31,45-46H,4-6,11-14,19-21H2,1-3H3/t24-,25-,30+,31+/m1/s1. The summed E-state index contributed by atoms with van der Waals surface area (Å²) in [4.78, 5) is 76.7. The normalized spacial score (nSPS) is 18.4. The Labute approximate surface area is 347 Å². The van der Waals surface area contributed by atoms with Crippen molar-refractivity contribution < 1.29 is 67.7 Å². The van der Waals surface area contributed by atoms with Crippen LogP contribution in [0.4, 0.5) is 11.4 Å². The number of esters is 2. The van der Waals surface area contributed by atoms with Crippen LogP contribution in [-0.4, -0.2) is 126 Å². The summed E-state index contributed by atoms with van der Waals surface area (Å²) in [5.74, 6) is -3.37. The van der Waals surface area contributed by atoms with E-state index in [4.69, 9.17) is 40.0 Å². The third kappa shape index (κ3) is 10.5. The van der Waals surface area contributed by atoms with Crippen molar-refractivity contribution in [3.8, 4) is 23.0 Å². The van der Waals surface area contributed by atoms with Crippen molar-refractivity contribution in [2.75, 3.05) is 47.6 Å². The number of nitrogens with zero attached hydrogens (tertiary/aromatic N) is 4. The molecule has 2 aliphatic heterocycles. The summed E-state index contributed by atoms with van der Waals surface area (Å²) >= 11 is 6.01. The lowest BCUT2D eigenvalue weighted by atomic mass is 10.1. The number of ether oxygens (including phenoxy) is 6. The van der Waals surface area contributed by atoms with Crippen LogP contribution < -0.4 is 18.9 Å². The van der Waals surface area contributed by atoms with Crippen molar-refractivity contribution in [1.29, 1.82) is 0 Å². The van der Waals surface area contributed by atoms with Gasteiger partial charge in [0.1, 0.15) is 29.8 Å². The van der Waals surface area contributed by atoms with Crippen LogP contribution in [0, 0.1) is 20.2 Å². The molecule has 322 valence electrons. The topological polar surface area (TPSA) is 257 Å². The second-order valence-electron chi connectivity index (χ2n) is 13.8. The quantitative estimate of drug-likeness (QED) is 0.0796. The van der Waals surface area contributed by atoms with E-state index in [9.17, 15) is 49.6 Å². The Hall–Kier alpha value is -6.25. The Bertz CT molecular complexity index is 2100. The largest absolute Gasteiger partial charge is 0.493 e. The number of amides is 2. The maximum absolute atomic E-state index is 13.7. The molecule has 20 nitrogen and oxygen atoms in total. The van der Waals surface area contributed by atoms with E-state index >= 15 is 0 Å². The Morgan fingerprint density at radius 3 is 1.55 bits per heavy atom. The van der Waals surface area contributed by atoms with Crippen molar-refractivity contribution in [3.63, 3.8) is 0 Å². The van der Waals surface area contributed by atoms with Crippen LogP contribution in [0.3, 0.4) is 0 Å². The Morgan fingerprint density at radius 1 is 0.683 bits per heavy atom. The van der Waals surface area contributed by atoms with Gasteiger partial charge in [-0.2, -0.15) is 0 Å². The fourth-order valence-electron chi connectivity index (χ4n) is 6.83. The molecule has 3 aromatic rings. The zero-order valence-corrected chi connectivity index (χ0v) is 33.5. The van der Waals surface area contributed by atoms with Crippen molar-refractivity contribution in [2.45, 2.75) is 63.0 Å². The van der Waals surface area contributed by atoms with Gasteiger partial charge < -0.3 is 48.4 Å². The summed E-state index contributed by atoms with van der Waals surface area (Å²) in [5.41, 5.74) is -1.31. The molecule has 0 spiro atoms. The SMILES string of the molecule is COC(=O)[C@@H]1C[C@@H](O)CN1C(=O)c1cc(OC)c(OCCCCCOc2cc([N+](=O)[O-])c(C(=O)N3C[C@H](O)C[C@H]3C(=O)OC)cc2OCc2ccc(Cl)cc2)cc1[N+](=O)[O-]. The number of rotatable bonds is 18. The third-order valence-electron chi connectivity index (χ3n) is 9.84. The molecule has 0 unspecified atom stereocenters. The minimum atomic E-state index is -1.16. The fourth-order valence-corrected chi connectivity index (χ4v) is 6.96. The number of hydrogen-bond acceptors (Lipinski definition) is 16. The molecule has 0 aliphatic carbocycles. The number of nitro groups is 2. The second-order valence-corrected chi connectivity index (χ2v) is 14.2. The summed E-state index contributed by atoms with van der Waals surface area (Å²) in [6.45, 7) is -0.428. The van der Waals surface area contributed by atoms with E-state index in [1.165, 1.54) is 7.11 Å². The zero-order chi connectivity index (χ0) is 43.7. The maximum atomic E-state index is 13.7. The molecule has 0 aromatic heterocycles. The van der Waals surface area contributed by atoms with Crippen LogP contribution in [-0.2, 0) is 25.7 Å². The molecule has 2 heterocycles. The highest BCUT2D eigenvalue weighted by atomic mass is 35.5. The lowest BCUT2D eigenvalue weighted by Crippen LogP contribution is -2.41. The Morgan fingerprint density at radius 2 is 1.12 bits per heavy atom. The number of carbonyl (C=O) groups is 4. The van der Waals surface area contributed by atoms with Crippen molar-refractivity contribution in [1.82, 2.24) is 9.80 Å². The van der Waals surface area contributed by atoms with E-state index in [0.29, 0.717) is 29.8 Å². The molecule has 0 bridgehead atoms. The van der Waals surface area contributed by atoms with Crippen LogP contribution >= 0.6 is 11.6 Å². The first-order valence-corrected chi connectivity index (χ1v) is 19.0. The number of β-amino-alcohol motifs (C(OH)–C–C–N with tert-alkyl or cyclic N) is 2. The van der Waals surface area contributed by atoms with Gasteiger partial charge in [0.25, 0.3) is 23.2 Å². The van der Waals surface area contributed by atoms with E-state index in [1.807, 2.05) is 0 Å². The van der Waals surface area contributed by atoms with Gasteiger partial charge in [0.15, 0.2) is 23.0 Å². The first-order valence-electron chi connectivity index (χ1n) is 18.6. The summed E-state index contributed by atoms with van der Waals surface area (Å²) in [6, 6.07) is 8.83. The number of unbranched alkanes of at least 4 members (excludes halogenated alkanes) is 2. The molecule has 0 radical (unpaired) electrons. The van der Waals surface area contributed by atoms with Gasteiger partial charge in [-0.25, -0.2) is 9.59 Å². The lowest BCUT2D eigenvalue weighted by molar-refractivity contribution is -0.385. The monoisotopic (exact) mass is 858 g/mol. The summed E-state index contributed by atoms with van der Waals surface area (Å²) in [5, 5.41) is 45.2. The average Bonchev–Trinajstić information content (AvgIpc) is 3.83. The fraction of sp³-hybridized carbons (Fsp3) is 0.436. The number of methoxy groups -OCH3 is 3. The van der Waals surface area contributed by atoms with Gasteiger partial charge in [-0.05, 0) is 37.0 Å². The molecule has 2 N–H and O–H groups in total. The van der Waals surface area contributed by atoms with Crippen molar-refractivity contribution >= 4 is 46.7 Å². The Kier molecular flexibility index (Phi) is 15.1. The first-order chi connectivity index (χ1) is 28.7. The van der Waals surface area contributed by atoms with Crippen molar-refractivity contribution in [3.05, 3.63) is 90.5 Å². The summed E-state index contributed by atoms with van der Waals surface area (Å²) in [6.07, 6.45) is -0.990. The number of aliphatic hydroxyl groups excluding tert-OH is 2. The zero-order valence-electron chi connectivity index (χ0n) is 32.8. The highest BCUT2D eigenvalue weighted by Crippen LogP contribution is 2.39. The second kappa shape index (κ2) is 20.1. The van der Waals surface area contributed by atoms with Crippen LogP contribution in [0.1, 0.15) is 58.4 Å². The molecule has 0 saturated carbocycles. The average molecular weight is 859 g/mol. The van der Waals surface area contributed by atoms with Gasteiger partial charge in [0.2, 0.25) is 0 Å². The maximum Gasteiger partial charge on any atom is 0.328 e. The van der Waals surface area contributed by atoms with Gasteiger partial charge in [0.05, 0.1) is 68.7 Å². The molecule has 2 amide bonds. The molecule has 5 rings (SSSR count). The number of likely N-dealkylation sites (tertiary alicyclic amines) is 2. The van der Waals surface area contributed by atoms with E-state index in [0.717, 1.165) is 48.3 Å². The van der Waals surface area contributed by atoms with E-state index in [1.54, 1.807) is 24.3 Å². The van der Waals surface area contributed by atoms with Crippen LogP contribution in [0.2, 0.25) is 5.02 Å². The molecule has 3 aromatic carbocycles. The molecule has 4 atom stereocenters. The predicted molar refractivity (Wildman–Crippen MR) is 208 cm³/mol. The molecular weight excluding hydrogens is 816 g/mol. The smallest absolute Gasteiger partial charge is 0.328 e. The summed E-state index contributed by atoms with van der Waals surface area (Å²) in [7, 11) is 3.54. The molecule has 2 aliphatic rings. The van der Waals surface area contributed by atoms with Crippen LogP contribution in [0.5, 0.6) is 23.0 Å². The highest BCUT2D eigenvalue weighted by molar-refractivity contribution is 6.30. The molecule has 21 heteroatoms. The van der Waals surface area contributed by atoms with Gasteiger partial charge in [0, 0.05) is 43.1 Å². The first kappa shape index (κ1) is 44.8. The number of benzene rings is 3. The number of aliphatic hydroxyl groups is 2. The third-order valence-corrected chi connectivity index (χ3v) is 10.1. The number of carbonyl (C=O) groups excluding carboxylic acids is 4. The van der Waals surface area contributed by atoms with Crippen molar-refractivity contribution in [2.24, 2.45) is 0 Å². The minimum Gasteiger partial charge on any atom is -0.493 e. The lowest BCUT2D eigenvalue weighted by Gasteiger charge is -2.23. The molecule has 2 fully saturated rings. The highest BCUT2D eigenvalue weighted by Gasteiger charge is 2.43. The number of nitro benzene ring substituents is 2. The van der Waals surface area contributed by atoms with Gasteiger partial charge in [-0.3, -0.25) is 29.8 Å². The van der Waals surface area contributed by atoms with E-state index in [2.05, 4.69) is 0 Å². The molecule has 2 saturated heterocycles. The van der Waals surface area contributed by atoms with E-state index < -0.39 is 74.8 Å². The van der Waals surface area contributed by atoms with E-state index in [-0.39, 0.29) is 74.3 Å². The summed E-state index contributed by atoms with van der Waals surface area (Å²) < 4.78 is 32.6. The number of hydrogen-bond donors (Lipinski definition) is 2. The number of halogens is 1. The van der Waals surface area contributed by atoms with Crippen LogP contribution in [0.25, 0.3) is 0 Å². The van der Waals surface area contributed by atoms with Gasteiger partial charge in [-0.1, -0.05) is 23.7 Å². The molecule has 60 heavy (non-hydrogen) atoms. The van der Waals surface area contributed by atoms with Crippen LogP contribution in [0.15, 0.2) is 48.5 Å². The van der Waals surface area contributed by atoms with Gasteiger partial charge in [-0.15, -0.1) is 0 Å². The van der Waals surface area contributed by atoms with Gasteiger partial charge >= 0.3 is 11.9 Å². The minimum absolute atomic E-state index is 0.00561. The predicted octanol–water partition coefficient (Wildman–Crippen LogP) is 3.87.